The van der Waals surface area contributed by atoms with Crippen molar-refractivity contribution in [3.8, 4) is 0 Å². The molecule has 0 saturated heterocycles. The van der Waals surface area contributed by atoms with Gasteiger partial charge in [-0.3, -0.25) is 0 Å². The van der Waals surface area contributed by atoms with Gasteiger partial charge in [0, 0.05) is 13.2 Å². The second kappa shape index (κ2) is 3.58. The first-order valence-corrected chi connectivity index (χ1v) is 3.98. The van der Waals surface area contributed by atoms with Crippen LogP contribution in [0.2, 0.25) is 5.15 Å². The molecule has 0 aromatic carbocycles. The molecule has 0 aliphatic rings. The minimum atomic E-state index is 0.532. The number of hydrogen-bond acceptors (Lipinski definition) is 2. The zero-order chi connectivity index (χ0) is 8.27. The number of pyridine rings is 1. The molecule has 60 valence electrons. The summed E-state index contributed by atoms with van der Waals surface area (Å²) < 4.78 is 0. The fourth-order valence-electron chi connectivity index (χ4n) is 0.860. The van der Waals surface area contributed by atoms with Gasteiger partial charge < -0.3 is 5.32 Å². The van der Waals surface area contributed by atoms with Gasteiger partial charge in [0.05, 0.1) is 5.69 Å². The Bertz CT molecular complexity index is 248. The van der Waals surface area contributed by atoms with Gasteiger partial charge in [-0.25, -0.2) is 4.98 Å². The Labute approximate surface area is 71.6 Å². The maximum Gasteiger partial charge on any atom is 0.152 e. The van der Waals surface area contributed by atoms with Crippen molar-refractivity contribution in [3.05, 3.63) is 23.0 Å². The smallest absolute Gasteiger partial charge is 0.152 e. The van der Waals surface area contributed by atoms with E-state index in [1.165, 1.54) is 5.56 Å². The monoisotopic (exact) mass is 170 g/mol. The summed E-state index contributed by atoms with van der Waals surface area (Å²) in [6.45, 7) is 2.09. The predicted molar refractivity (Wildman–Crippen MR) is 48.2 cm³/mol. The molecule has 0 unspecified atom stereocenters. The van der Waals surface area contributed by atoms with Gasteiger partial charge in [-0.05, 0) is 18.1 Å². The summed E-state index contributed by atoms with van der Waals surface area (Å²) in [4.78, 5) is 4.02. The van der Waals surface area contributed by atoms with Gasteiger partial charge in [-0.15, -0.1) is 0 Å². The van der Waals surface area contributed by atoms with Crippen molar-refractivity contribution in [2.24, 2.45) is 0 Å². The Morgan fingerprint density at radius 3 is 2.91 bits per heavy atom. The molecule has 11 heavy (non-hydrogen) atoms. The van der Waals surface area contributed by atoms with E-state index >= 15 is 0 Å². The van der Waals surface area contributed by atoms with Crippen molar-refractivity contribution in [2.75, 3.05) is 12.4 Å². The molecular weight excluding hydrogens is 160 g/mol. The first-order valence-electron chi connectivity index (χ1n) is 3.60. The Balaban J connectivity index is 3.02. The molecule has 2 nitrogen and oxygen atoms in total. The van der Waals surface area contributed by atoms with Crippen LogP contribution in [0, 0.1) is 0 Å². The Morgan fingerprint density at radius 2 is 2.36 bits per heavy atom. The highest BCUT2D eigenvalue weighted by Crippen LogP contribution is 2.19. The summed E-state index contributed by atoms with van der Waals surface area (Å²) in [7, 11) is 1.84. The Kier molecular flexibility index (Phi) is 2.71. The summed E-state index contributed by atoms with van der Waals surface area (Å²) in [6.07, 6.45) is 2.78. The van der Waals surface area contributed by atoms with Crippen LogP contribution in [-0.4, -0.2) is 12.0 Å². The lowest BCUT2D eigenvalue weighted by atomic mass is 10.2. The third-order valence-corrected chi connectivity index (χ3v) is 1.87. The minimum absolute atomic E-state index is 0.532. The zero-order valence-corrected chi connectivity index (χ0v) is 7.44. The highest BCUT2D eigenvalue weighted by atomic mass is 35.5. The number of hydrogen-bond donors (Lipinski definition) is 1. The minimum Gasteiger partial charge on any atom is -0.386 e. The number of aryl methyl sites for hydroxylation is 1. The van der Waals surface area contributed by atoms with Crippen LogP contribution in [0.25, 0.3) is 0 Å². The number of nitrogens with one attached hydrogen (secondary N) is 1. The molecule has 0 amide bonds. The second-order valence-corrected chi connectivity index (χ2v) is 2.64. The van der Waals surface area contributed by atoms with E-state index in [1.54, 1.807) is 6.20 Å². The van der Waals surface area contributed by atoms with E-state index in [4.69, 9.17) is 11.6 Å². The first-order chi connectivity index (χ1) is 5.27. The van der Waals surface area contributed by atoms with E-state index in [1.807, 2.05) is 13.1 Å². The third kappa shape index (κ3) is 1.84. The molecule has 0 spiro atoms. The number of rotatable bonds is 2. The number of aromatic nitrogens is 1. The third-order valence-electron chi connectivity index (χ3n) is 1.57. The Morgan fingerprint density at radius 1 is 1.64 bits per heavy atom. The molecular formula is C8H11ClN2. The fraction of sp³-hybridized carbons (Fsp3) is 0.375. The van der Waals surface area contributed by atoms with Crippen LogP contribution in [-0.2, 0) is 6.42 Å². The van der Waals surface area contributed by atoms with E-state index in [2.05, 4.69) is 17.2 Å². The van der Waals surface area contributed by atoms with Gasteiger partial charge >= 0.3 is 0 Å². The van der Waals surface area contributed by atoms with Crippen molar-refractivity contribution in [3.63, 3.8) is 0 Å². The molecule has 1 heterocycles. The van der Waals surface area contributed by atoms with Gasteiger partial charge in [0.15, 0.2) is 5.15 Å². The maximum atomic E-state index is 5.78. The summed E-state index contributed by atoms with van der Waals surface area (Å²) >= 11 is 5.78. The van der Waals surface area contributed by atoms with E-state index < -0.39 is 0 Å². The number of halogens is 1. The lowest BCUT2D eigenvalue weighted by Gasteiger charge is -2.03. The predicted octanol–water partition coefficient (Wildman–Crippen LogP) is 2.34. The fourth-order valence-corrected chi connectivity index (χ4v) is 1.06. The van der Waals surface area contributed by atoms with Crippen molar-refractivity contribution >= 4 is 17.3 Å². The number of anilines is 1. The quantitative estimate of drug-likeness (QED) is 0.690. The van der Waals surface area contributed by atoms with E-state index in [0.29, 0.717) is 5.15 Å². The SMILES string of the molecule is CCc1cnc(Cl)c(NC)c1. The van der Waals surface area contributed by atoms with Gasteiger partial charge in [0.1, 0.15) is 0 Å². The van der Waals surface area contributed by atoms with Crippen LogP contribution >= 0.6 is 11.6 Å². The molecule has 0 bridgehead atoms. The molecule has 1 aromatic rings. The van der Waals surface area contributed by atoms with Crippen LogP contribution < -0.4 is 5.32 Å². The molecule has 1 rings (SSSR count). The molecule has 0 aliphatic heterocycles. The molecule has 1 aromatic heterocycles. The average Bonchev–Trinajstić information content (AvgIpc) is 2.05. The van der Waals surface area contributed by atoms with Crippen LogP contribution in [0.5, 0.6) is 0 Å². The van der Waals surface area contributed by atoms with E-state index in [0.717, 1.165) is 12.1 Å². The molecule has 0 fully saturated rings. The van der Waals surface area contributed by atoms with Crippen molar-refractivity contribution < 1.29 is 0 Å². The topological polar surface area (TPSA) is 24.9 Å². The van der Waals surface area contributed by atoms with Gasteiger partial charge in [0.2, 0.25) is 0 Å². The largest absolute Gasteiger partial charge is 0.386 e. The highest BCUT2D eigenvalue weighted by Gasteiger charge is 1.98. The van der Waals surface area contributed by atoms with E-state index in [-0.39, 0.29) is 0 Å². The van der Waals surface area contributed by atoms with Crippen LogP contribution in [0.15, 0.2) is 12.3 Å². The first kappa shape index (κ1) is 8.34. The van der Waals surface area contributed by atoms with E-state index in [9.17, 15) is 0 Å². The standard InChI is InChI=1S/C8H11ClN2/c1-3-6-4-7(10-2)8(9)11-5-6/h4-5,10H,3H2,1-2H3. The highest BCUT2D eigenvalue weighted by molar-refractivity contribution is 6.31. The summed E-state index contributed by atoms with van der Waals surface area (Å²) in [5, 5.41) is 3.51. The average molecular weight is 171 g/mol. The van der Waals surface area contributed by atoms with Crippen molar-refractivity contribution in [1.29, 1.82) is 0 Å². The van der Waals surface area contributed by atoms with Gasteiger partial charge in [0.25, 0.3) is 0 Å². The van der Waals surface area contributed by atoms with Gasteiger partial charge in [-0.2, -0.15) is 0 Å². The van der Waals surface area contributed by atoms with Crippen LogP contribution in [0.4, 0.5) is 5.69 Å². The van der Waals surface area contributed by atoms with Gasteiger partial charge in [-0.1, -0.05) is 18.5 Å². The molecule has 3 heteroatoms. The lowest BCUT2D eigenvalue weighted by molar-refractivity contribution is 1.10. The van der Waals surface area contributed by atoms with Crippen molar-refractivity contribution in [2.45, 2.75) is 13.3 Å². The van der Waals surface area contributed by atoms with Crippen LogP contribution in [0.3, 0.4) is 0 Å². The second-order valence-electron chi connectivity index (χ2n) is 2.29. The van der Waals surface area contributed by atoms with Crippen LogP contribution in [0.1, 0.15) is 12.5 Å². The molecule has 0 aliphatic carbocycles. The summed E-state index contributed by atoms with van der Waals surface area (Å²) in [6, 6.07) is 2.01. The molecule has 0 atom stereocenters. The Hall–Kier alpha value is -0.760. The maximum absolute atomic E-state index is 5.78. The molecule has 0 radical (unpaired) electrons. The normalized spacial score (nSPS) is 9.73. The molecule has 0 saturated carbocycles. The lowest BCUT2D eigenvalue weighted by Crippen LogP contribution is -1.93. The zero-order valence-electron chi connectivity index (χ0n) is 6.69. The summed E-state index contributed by atoms with van der Waals surface area (Å²) in [5.41, 5.74) is 2.09. The van der Waals surface area contributed by atoms with Crippen molar-refractivity contribution in [1.82, 2.24) is 4.98 Å². The summed E-state index contributed by atoms with van der Waals surface area (Å²) in [5.74, 6) is 0. The molecule has 1 N–H and O–H groups in total. The number of nitrogens with zero attached hydrogens (tertiary/aromatic N) is 1.